The molecule has 0 aromatic rings. The lowest BCUT2D eigenvalue weighted by Gasteiger charge is -2.40. The molecule has 1 saturated carbocycles. The number of ether oxygens (including phenoxy) is 1. The van der Waals surface area contributed by atoms with Crippen LogP contribution in [-0.4, -0.2) is 49.2 Å². The molecule has 17 heavy (non-hydrogen) atoms. The van der Waals surface area contributed by atoms with Crippen molar-refractivity contribution < 1.29 is 9.53 Å². The molecule has 3 atom stereocenters. The van der Waals surface area contributed by atoms with Crippen molar-refractivity contribution in [2.24, 2.45) is 5.92 Å². The van der Waals surface area contributed by atoms with Crippen LogP contribution in [0.2, 0.25) is 0 Å². The van der Waals surface area contributed by atoms with Crippen LogP contribution < -0.4 is 5.32 Å². The number of nitrogens with one attached hydrogen (secondary N) is 1. The summed E-state index contributed by atoms with van der Waals surface area (Å²) in [5.41, 5.74) is 0. The Morgan fingerprint density at radius 3 is 2.94 bits per heavy atom. The lowest BCUT2D eigenvalue weighted by atomic mass is 9.91. The molecule has 1 amide bonds. The van der Waals surface area contributed by atoms with Gasteiger partial charge in [-0.15, -0.1) is 0 Å². The van der Waals surface area contributed by atoms with Gasteiger partial charge in [0.1, 0.15) is 6.04 Å². The molecule has 2 heterocycles. The summed E-state index contributed by atoms with van der Waals surface area (Å²) in [4.78, 5) is 14.6. The van der Waals surface area contributed by atoms with Gasteiger partial charge in [0.25, 0.3) is 0 Å². The standard InChI is InChI=1S/C13H22N2O2/c16-13(11-9-17-8-6-14-11)15-7-2-4-10-3-1-5-12(10)15/h10-12,14H,1-9H2. The molecule has 96 valence electrons. The number of piperidine rings is 1. The summed E-state index contributed by atoms with van der Waals surface area (Å²) < 4.78 is 5.40. The number of likely N-dealkylation sites (tertiary alicyclic amines) is 1. The first-order valence-corrected chi connectivity index (χ1v) is 6.98. The molecule has 4 heteroatoms. The normalized spacial score (nSPS) is 37.9. The van der Waals surface area contributed by atoms with Crippen molar-refractivity contribution in [3.8, 4) is 0 Å². The van der Waals surface area contributed by atoms with Gasteiger partial charge in [0.15, 0.2) is 0 Å². The topological polar surface area (TPSA) is 41.6 Å². The fraction of sp³-hybridized carbons (Fsp3) is 0.923. The van der Waals surface area contributed by atoms with Crippen molar-refractivity contribution in [3.05, 3.63) is 0 Å². The summed E-state index contributed by atoms with van der Waals surface area (Å²) in [6, 6.07) is 0.433. The van der Waals surface area contributed by atoms with Crippen LogP contribution in [0.4, 0.5) is 0 Å². The van der Waals surface area contributed by atoms with Crippen LogP contribution in [0.1, 0.15) is 32.1 Å². The van der Waals surface area contributed by atoms with Crippen LogP contribution in [0.5, 0.6) is 0 Å². The number of carbonyl (C=O) groups excluding carboxylic acids is 1. The average molecular weight is 238 g/mol. The highest BCUT2D eigenvalue weighted by Gasteiger charge is 2.39. The molecule has 3 rings (SSSR count). The smallest absolute Gasteiger partial charge is 0.242 e. The first kappa shape index (κ1) is 11.5. The first-order chi connectivity index (χ1) is 8.36. The number of hydrogen-bond acceptors (Lipinski definition) is 3. The maximum atomic E-state index is 12.5. The largest absolute Gasteiger partial charge is 0.378 e. The molecule has 1 N–H and O–H groups in total. The van der Waals surface area contributed by atoms with E-state index in [9.17, 15) is 4.79 Å². The van der Waals surface area contributed by atoms with E-state index in [1.165, 1.54) is 32.1 Å². The predicted molar refractivity (Wildman–Crippen MR) is 64.7 cm³/mol. The zero-order valence-electron chi connectivity index (χ0n) is 10.4. The average Bonchev–Trinajstić information content (AvgIpc) is 2.87. The minimum atomic E-state index is -0.0944. The minimum absolute atomic E-state index is 0.0944. The Hall–Kier alpha value is -0.610. The van der Waals surface area contributed by atoms with Gasteiger partial charge in [0.2, 0.25) is 5.91 Å². The van der Waals surface area contributed by atoms with Crippen molar-refractivity contribution in [2.75, 3.05) is 26.3 Å². The molecular formula is C13H22N2O2. The summed E-state index contributed by atoms with van der Waals surface area (Å²) in [6.45, 7) is 3.04. The van der Waals surface area contributed by atoms with Crippen LogP contribution in [0.3, 0.4) is 0 Å². The third-order valence-electron chi connectivity index (χ3n) is 4.50. The Balaban J connectivity index is 1.67. The van der Waals surface area contributed by atoms with Gasteiger partial charge in [0, 0.05) is 19.1 Å². The molecular weight excluding hydrogens is 216 g/mol. The first-order valence-electron chi connectivity index (χ1n) is 6.98. The predicted octanol–water partition coefficient (Wildman–Crippen LogP) is 0.766. The number of amides is 1. The maximum Gasteiger partial charge on any atom is 0.242 e. The molecule has 2 saturated heterocycles. The van der Waals surface area contributed by atoms with E-state index in [1.807, 2.05) is 0 Å². The summed E-state index contributed by atoms with van der Waals surface area (Å²) >= 11 is 0. The van der Waals surface area contributed by atoms with E-state index in [2.05, 4.69) is 10.2 Å². The van der Waals surface area contributed by atoms with E-state index in [-0.39, 0.29) is 11.9 Å². The molecule has 0 radical (unpaired) electrons. The number of nitrogens with zero attached hydrogens (tertiary/aromatic N) is 1. The van der Waals surface area contributed by atoms with Gasteiger partial charge in [-0.2, -0.15) is 0 Å². The van der Waals surface area contributed by atoms with E-state index >= 15 is 0 Å². The monoisotopic (exact) mass is 238 g/mol. The molecule has 2 aliphatic heterocycles. The Morgan fingerprint density at radius 1 is 1.24 bits per heavy atom. The van der Waals surface area contributed by atoms with Gasteiger partial charge in [-0.25, -0.2) is 0 Å². The van der Waals surface area contributed by atoms with Gasteiger partial charge < -0.3 is 15.0 Å². The van der Waals surface area contributed by atoms with E-state index in [0.29, 0.717) is 12.6 Å². The molecule has 0 spiro atoms. The third kappa shape index (κ3) is 2.20. The van der Waals surface area contributed by atoms with Gasteiger partial charge in [0.05, 0.1) is 13.2 Å². The Morgan fingerprint density at radius 2 is 2.12 bits per heavy atom. The quantitative estimate of drug-likeness (QED) is 0.733. The molecule has 3 unspecified atom stereocenters. The SMILES string of the molecule is O=C(C1COCCN1)N1CCCC2CCCC21. The van der Waals surface area contributed by atoms with Gasteiger partial charge in [-0.05, 0) is 31.6 Å². The van der Waals surface area contributed by atoms with Crippen molar-refractivity contribution in [1.82, 2.24) is 10.2 Å². The van der Waals surface area contributed by atoms with Gasteiger partial charge in [-0.1, -0.05) is 6.42 Å². The fourth-order valence-corrected chi connectivity index (χ4v) is 3.65. The Bertz CT molecular complexity index is 289. The molecule has 0 aromatic carbocycles. The van der Waals surface area contributed by atoms with E-state index < -0.39 is 0 Å². The summed E-state index contributed by atoms with van der Waals surface area (Å²) in [5.74, 6) is 1.05. The van der Waals surface area contributed by atoms with Crippen molar-refractivity contribution in [3.63, 3.8) is 0 Å². The number of carbonyl (C=O) groups is 1. The van der Waals surface area contributed by atoms with Gasteiger partial charge >= 0.3 is 0 Å². The highest BCUT2D eigenvalue weighted by Crippen LogP contribution is 2.36. The number of fused-ring (bicyclic) bond motifs is 1. The fourth-order valence-electron chi connectivity index (χ4n) is 3.65. The molecule has 1 aliphatic carbocycles. The van der Waals surface area contributed by atoms with E-state index in [0.717, 1.165) is 25.6 Å². The van der Waals surface area contributed by atoms with Crippen molar-refractivity contribution in [2.45, 2.75) is 44.2 Å². The second-order valence-electron chi connectivity index (χ2n) is 5.51. The zero-order chi connectivity index (χ0) is 11.7. The lowest BCUT2D eigenvalue weighted by Crippen LogP contribution is -2.57. The minimum Gasteiger partial charge on any atom is -0.378 e. The van der Waals surface area contributed by atoms with E-state index in [1.54, 1.807) is 0 Å². The second-order valence-corrected chi connectivity index (χ2v) is 5.51. The highest BCUT2D eigenvalue weighted by atomic mass is 16.5. The van der Waals surface area contributed by atoms with Crippen LogP contribution in [-0.2, 0) is 9.53 Å². The molecule has 3 aliphatic rings. The van der Waals surface area contributed by atoms with Crippen LogP contribution in [0.15, 0.2) is 0 Å². The van der Waals surface area contributed by atoms with Crippen LogP contribution in [0, 0.1) is 5.92 Å². The number of rotatable bonds is 1. The summed E-state index contributed by atoms with van der Waals surface area (Å²) in [5, 5.41) is 3.28. The maximum absolute atomic E-state index is 12.5. The Labute approximate surface area is 103 Å². The molecule has 3 fully saturated rings. The van der Waals surface area contributed by atoms with Crippen LogP contribution in [0.25, 0.3) is 0 Å². The number of morpholine rings is 1. The third-order valence-corrected chi connectivity index (χ3v) is 4.50. The summed E-state index contributed by atoms with van der Waals surface area (Å²) in [7, 11) is 0. The van der Waals surface area contributed by atoms with Crippen molar-refractivity contribution in [1.29, 1.82) is 0 Å². The van der Waals surface area contributed by atoms with E-state index in [4.69, 9.17) is 4.74 Å². The second kappa shape index (κ2) is 4.94. The molecule has 4 nitrogen and oxygen atoms in total. The van der Waals surface area contributed by atoms with Crippen LogP contribution >= 0.6 is 0 Å². The zero-order valence-corrected chi connectivity index (χ0v) is 10.4. The molecule has 0 aromatic heterocycles. The summed E-state index contributed by atoms with van der Waals surface area (Å²) in [6.07, 6.45) is 6.34. The lowest BCUT2D eigenvalue weighted by molar-refractivity contribution is -0.141. The highest BCUT2D eigenvalue weighted by molar-refractivity contribution is 5.82. The molecule has 0 bridgehead atoms. The van der Waals surface area contributed by atoms with Crippen molar-refractivity contribution >= 4 is 5.91 Å². The number of hydrogen-bond donors (Lipinski definition) is 1. The Kier molecular flexibility index (Phi) is 3.34. The van der Waals surface area contributed by atoms with Gasteiger partial charge in [-0.3, -0.25) is 4.79 Å².